The van der Waals surface area contributed by atoms with Gasteiger partial charge in [0.25, 0.3) is 6.43 Å². The first kappa shape index (κ1) is 15.6. The average Bonchev–Trinajstić information content (AvgIpc) is 2.36. The Kier molecular flexibility index (Phi) is 6.42. The van der Waals surface area contributed by atoms with Crippen LogP contribution in [0, 0.1) is 0 Å². The van der Waals surface area contributed by atoms with Crippen molar-refractivity contribution in [1.29, 1.82) is 0 Å². The second kappa shape index (κ2) is 7.84. The summed E-state index contributed by atoms with van der Waals surface area (Å²) in [4.78, 5) is 13.1. The Morgan fingerprint density at radius 2 is 1.95 bits per heavy atom. The molecule has 2 N–H and O–H groups in total. The first-order valence-electron chi connectivity index (χ1n) is 6.34. The highest BCUT2D eigenvalue weighted by Gasteiger charge is 2.18. The quantitative estimate of drug-likeness (QED) is 0.827. The number of hydrogen-bond acceptors (Lipinski definition) is 2. The number of alkyl halides is 2. The summed E-state index contributed by atoms with van der Waals surface area (Å²) in [6.45, 7) is 1.47. The summed E-state index contributed by atoms with van der Waals surface area (Å²) in [6, 6.07) is 9.02. The highest BCUT2D eigenvalue weighted by atomic mass is 19.3. The lowest BCUT2D eigenvalue weighted by Gasteiger charge is -2.23. The number of carbonyl (C=O) groups excluding carboxylic acids is 1. The van der Waals surface area contributed by atoms with E-state index in [9.17, 15) is 13.6 Å². The zero-order valence-corrected chi connectivity index (χ0v) is 11.1. The molecule has 1 rings (SSSR count). The van der Waals surface area contributed by atoms with Crippen LogP contribution in [-0.4, -0.2) is 29.8 Å². The Morgan fingerprint density at radius 1 is 1.32 bits per heavy atom. The van der Waals surface area contributed by atoms with Crippen LogP contribution in [0.25, 0.3) is 0 Å². The molecule has 0 fully saturated rings. The van der Waals surface area contributed by atoms with Crippen molar-refractivity contribution in [2.24, 2.45) is 5.73 Å². The molecule has 3 nitrogen and oxygen atoms in total. The van der Waals surface area contributed by atoms with Crippen molar-refractivity contribution in [3.63, 3.8) is 0 Å². The predicted molar refractivity (Wildman–Crippen MR) is 70.7 cm³/mol. The number of rotatable bonds is 7. The number of benzene rings is 1. The van der Waals surface area contributed by atoms with E-state index in [1.807, 2.05) is 30.3 Å². The molecule has 0 bridgehead atoms. The van der Waals surface area contributed by atoms with Gasteiger partial charge in [0, 0.05) is 19.0 Å². The maximum atomic E-state index is 12.5. The molecule has 0 saturated carbocycles. The Hall–Kier alpha value is -1.49. The monoisotopic (exact) mass is 270 g/mol. The van der Waals surface area contributed by atoms with Crippen molar-refractivity contribution < 1.29 is 13.6 Å². The molecule has 1 aromatic rings. The fraction of sp³-hybridized carbons (Fsp3) is 0.500. The van der Waals surface area contributed by atoms with E-state index in [2.05, 4.69) is 0 Å². The van der Waals surface area contributed by atoms with Gasteiger partial charge in [-0.15, -0.1) is 0 Å². The molecule has 0 aliphatic heterocycles. The van der Waals surface area contributed by atoms with Crippen LogP contribution in [0.1, 0.15) is 25.3 Å². The van der Waals surface area contributed by atoms with Crippen LogP contribution in [-0.2, 0) is 11.3 Å². The Bertz CT molecular complexity index is 382. The Labute approximate surface area is 112 Å². The van der Waals surface area contributed by atoms with E-state index in [-0.39, 0.29) is 24.9 Å². The number of amides is 1. The summed E-state index contributed by atoms with van der Waals surface area (Å²) < 4.78 is 25.1. The van der Waals surface area contributed by atoms with Gasteiger partial charge in [-0.05, 0) is 18.9 Å². The maximum absolute atomic E-state index is 12.5. The molecule has 19 heavy (non-hydrogen) atoms. The molecule has 0 saturated heterocycles. The van der Waals surface area contributed by atoms with Gasteiger partial charge in [0.15, 0.2) is 0 Å². The third-order valence-corrected chi connectivity index (χ3v) is 2.74. The molecule has 0 aromatic heterocycles. The fourth-order valence-electron chi connectivity index (χ4n) is 1.73. The highest BCUT2D eigenvalue weighted by molar-refractivity contribution is 5.76. The molecule has 5 heteroatoms. The van der Waals surface area contributed by atoms with Crippen LogP contribution < -0.4 is 5.73 Å². The van der Waals surface area contributed by atoms with Crippen molar-refractivity contribution >= 4 is 5.91 Å². The van der Waals surface area contributed by atoms with Gasteiger partial charge in [-0.3, -0.25) is 4.79 Å². The van der Waals surface area contributed by atoms with Crippen LogP contribution in [0.3, 0.4) is 0 Å². The second-order valence-electron chi connectivity index (χ2n) is 4.67. The molecule has 1 amide bonds. The van der Waals surface area contributed by atoms with E-state index < -0.39 is 13.0 Å². The molecule has 1 aromatic carbocycles. The third-order valence-electron chi connectivity index (χ3n) is 2.74. The van der Waals surface area contributed by atoms with E-state index in [1.165, 1.54) is 4.90 Å². The van der Waals surface area contributed by atoms with Crippen LogP contribution in [0.15, 0.2) is 30.3 Å². The summed E-state index contributed by atoms with van der Waals surface area (Å²) in [5.74, 6) is -0.276. The molecule has 0 aliphatic carbocycles. The molecular formula is C14H20F2N2O. The smallest absolute Gasteiger partial charge is 0.255 e. The summed E-state index contributed by atoms with van der Waals surface area (Å²) in [5.41, 5.74) is 6.42. The van der Waals surface area contributed by atoms with Crippen molar-refractivity contribution in [3.05, 3.63) is 35.9 Å². The van der Waals surface area contributed by atoms with E-state index >= 15 is 0 Å². The molecule has 1 unspecified atom stereocenters. The summed E-state index contributed by atoms with van der Waals surface area (Å²) in [5, 5.41) is 0. The zero-order chi connectivity index (χ0) is 14.3. The van der Waals surface area contributed by atoms with Crippen LogP contribution in [0.4, 0.5) is 8.78 Å². The standard InChI is InChI=1S/C14H20F2N2O/c1-11(17)7-8-14(19)18(10-13(15)16)9-12-5-3-2-4-6-12/h2-6,11,13H,7-10,17H2,1H3. The van der Waals surface area contributed by atoms with Gasteiger partial charge in [-0.1, -0.05) is 30.3 Å². The maximum Gasteiger partial charge on any atom is 0.255 e. The number of halogens is 2. The highest BCUT2D eigenvalue weighted by Crippen LogP contribution is 2.10. The van der Waals surface area contributed by atoms with Crippen molar-refractivity contribution in [1.82, 2.24) is 4.90 Å². The molecule has 1 atom stereocenters. The van der Waals surface area contributed by atoms with E-state index in [1.54, 1.807) is 6.92 Å². The van der Waals surface area contributed by atoms with Gasteiger partial charge < -0.3 is 10.6 Å². The number of carbonyl (C=O) groups is 1. The number of hydrogen-bond donors (Lipinski definition) is 1. The largest absolute Gasteiger partial charge is 0.333 e. The molecule has 0 aliphatic rings. The average molecular weight is 270 g/mol. The number of nitrogens with two attached hydrogens (primary N) is 1. The Morgan fingerprint density at radius 3 is 2.47 bits per heavy atom. The van der Waals surface area contributed by atoms with Crippen LogP contribution in [0.5, 0.6) is 0 Å². The molecule has 106 valence electrons. The topological polar surface area (TPSA) is 46.3 Å². The second-order valence-corrected chi connectivity index (χ2v) is 4.67. The molecule has 0 spiro atoms. The van der Waals surface area contributed by atoms with Gasteiger partial charge >= 0.3 is 0 Å². The first-order chi connectivity index (χ1) is 8.99. The van der Waals surface area contributed by atoms with Gasteiger partial charge in [-0.2, -0.15) is 0 Å². The fourth-order valence-corrected chi connectivity index (χ4v) is 1.73. The lowest BCUT2D eigenvalue weighted by atomic mass is 10.1. The van der Waals surface area contributed by atoms with Crippen LogP contribution in [0.2, 0.25) is 0 Å². The van der Waals surface area contributed by atoms with Gasteiger partial charge in [0.05, 0.1) is 6.54 Å². The minimum atomic E-state index is -2.53. The zero-order valence-electron chi connectivity index (χ0n) is 11.1. The number of nitrogens with zero attached hydrogens (tertiary/aromatic N) is 1. The van der Waals surface area contributed by atoms with Gasteiger partial charge in [0.2, 0.25) is 5.91 Å². The normalized spacial score (nSPS) is 12.5. The lowest BCUT2D eigenvalue weighted by molar-refractivity contribution is -0.134. The first-order valence-corrected chi connectivity index (χ1v) is 6.34. The van der Waals surface area contributed by atoms with E-state index in [0.29, 0.717) is 6.42 Å². The summed E-state index contributed by atoms with van der Waals surface area (Å²) in [6.07, 6.45) is -1.81. The van der Waals surface area contributed by atoms with Gasteiger partial charge in [0.1, 0.15) is 0 Å². The van der Waals surface area contributed by atoms with E-state index in [4.69, 9.17) is 5.73 Å². The Balaban J connectivity index is 2.63. The van der Waals surface area contributed by atoms with Crippen molar-refractivity contribution in [2.75, 3.05) is 6.54 Å². The molecule has 0 heterocycles. The predicted octanol–water partition coefficient (Wildman–Crippen LogP) is 2.41. The van der Waals surface area contributed by atoms with E-state index in [0.717, 1.165) is 5.56 Å². The molecular weight excluding hydrogens is 250 g/mol. The molecule has 0 radical (unpaired) electrons. The summed E-state index contributed by atoms with van der Waals surface area (Å²) in [7, 11) is 0. The SMILES string of the molecule is CC(N)CCC(=O)N(Cc1ccccc1)CC(F)F. The minimum Gasteiger partial charge on any atom is -0.333 e. The van der Waals surface area contributed by atoms with Crippen molar-refractivity contribution in [2.45, 2.75) is 38.8 Å². The van der Waals surface area contributed by atoms with Gasteiger partial charge in [-0.25, -0.2) is 8.78 Å². The summed E-state index contributed by atoms with van der Waals surface area (Å²) >= 11 is 0. The van der Waals surface area contributed by atoms with Crippen molar-refractivity contribution in [3.8, 4) is 0 Å². The lowest BCUT2D eigenvalue weighted by Crippen LogP contribution is -2.35. The third kappa shape index (κ3) is 6.29. The van der Waals surface area contributed by atoms with Crippen LogP contribution >= 0.6 is 0 Å². The minimum absolute atomic E-state index is 0.103.